The molecule has 0 saturated heterocycles. The smallest absolute Gasteiger partial charge is 0.235 e. The quantitative estimate of drug-likeness (QED) is 0.198. The summed E-state index contributed by atoms with van der Waals surface area (Å²) in [6.07, 6.45) is 0. The number of nitrogens with zero attached hydrogens (tertiary/aromatic N) is 3. The van der Waals surface area contributed by atoms with Gasteiger partial charge in [0.2, 0.25) is 5.95 Å². The summed E-state index contributed by atoms with van der Waals surface area (Å²) in [5, 5.41) is 9.89. The summed E-state index contributed by atoms with van der Waals surface area (Å²) in [5.74, 6) is 0.579. The van der Waals surface area contributed by atoms with Crippen molar-refractivity contribution in [2.24, 2.45) is 0 Å². The first-order valence-corrected chi connectivity index (χ1v) is 15.8. The van der Waals surface area contributed by atoms with Crippen molar-refractivity contribution in [3.63, 3.8) is 0 Å². The van der Waals surface area contributed by atoms with E-state index in [1.807, 2.05) is 42.5 Å². The van der Waals surface area contributed by atoms with Gasteiger partial charge in [-0.05, 0) is 41.1 Å². The zero-order valence-corrected chi connectivity index (χ0v) is 24.9. The van der Waals surface area contributed by atoms with Gasteiger partial charge in [-0.15, -0.1) is 0 Å². The molecule has 0 aliphatic rings. The number of fused-ring (bicyclic) bond motifs is 14. The first kappa shape index (κ1) is 24.8. The van der Waals surface area contributed by atoms with Crippen molar-refractivity contribution in [3.05, 3.63) is 140 Å². The van der Waals surface area contributed by atoms with E-state index < -0.39 is 0 Å². The number of benzene rings is 7. The lowest BCUT2D eigenvalue weighted by atomic mass is 9.99. The molecule has 0 amide bonds. The molecular weight excluding hydrogens is 578 g/mol. The van der Waals surface area contributed by atoms with Gasteiger partial charge in [0.05, 0.1) is 16.7 Å². The van der Waals surface area contributed by atoms with Crippen LogP contribution in [0, 0.1) is 0 Å². The fraction of sp³-hybridized carbons (Fsp3) is 0. The van der Waals surface area contributed by atoms with Crippen molar-refractivity contribution < 1.29 is 8.83 Å². The SMILES string of the molecule is c1ccc2c(-c3cccc4c3oc3ccccc34)nc(-n3c4ccccc4c4c5ccccc5c5c6ccccc6oc5c43)nc2c1. The summed E-state index contributed by atoms with van der Waals surface area (Å²) in [6.45, 7) is 0. The van der Waals surface area contributed by atoms with Crippen LogP contribution in [0.25, 0.3) is 105 Å². The third-order valence-corrected chi connectivity index (χ3v) is 9.60. The molecule has 4 aromatic heterocycles. The highest BCUT2D eigenvalue weighted by atomic mass is 16.3. The predicted molar refractivity (Wildman–Crippen MR) is 191 cm³/mol. The number of rotatable bonds is 2. The first-order chi connectivity index (χ1) is 23.3. The Kier molecular flexibility index (Phi) is 4.78. The molecule has 0 N–H and O–H groups in total. The fourth-order valence-electron chi connectivity index (χ4n) is 7.64. The lowest BCUT2D eigenvalue weighted by Gasteiger charge is -2.12. The molecule has 4 heterocycles. The topological polar surface area (TPSA) is 57.0 Å². The van der Waals surface area contributed by atoms with Crippen molar-refractivity contribution in [2.45, 2.75) is 0 Å². The van der Waals surface area contributed by atoms with Crippen LogP contribution in [0.5, 0.6) is 0 Å². The van der Waals surface area contributed by atoms with Gasteiger partial charge in [0, 0.05) is 43.3 Å². The van der Waals surface area contributed by atoms with Crippen LogP contribution in [0.2, 0.25) is 0 Å². The molecule has 0 bridgehead atoms. The molecule has 0 atom stereocenters. The van der Waals surface area contributed by atoms with Crippen molar-refractivity contribution in [2.75, 3.05) is 0 Å². The van der Waals surface area contributed by atoms with Gasteiger partial charge in [-0.2, -0.15) is 0 Å². The van der Waals surface area contributed by atoms with Gasteiger partial charge in [0.25, 0.3) is 0 Å². The Morgan fingerprint density at radius 3 is 1.85 bits per heavy atom. The van der Waals surface area contributed by atoms with Crippen LogP contribution in [-0.2, 0) is 0 Å². The van der Waals surface area contributed by atoms with Gasteiger partial charge >= 0.3 is 0 Å². The molecule has 5 nitrogen and oxygen atoms in total. The van der Waals surface area contributed by atoms with E-state index in [4.69, 9.17) is 18.8 Å². The highest BCUT2D eigenvalue weighted by molar-refractivity contribution is 6.35. The summed E-state index contributed by atoms with van der Waals surface area (Å²) in [7, 11) is 0. The highest BCUT2D eigenvalue weighted by Gasteiger charge is 2.25. The first-order valence-electron chi connectivity index (χ1n) is 15.8. The fourth-order valence-corrected chi connectivity index (χ4v) is 7.64. The molecule has 0 saturated carbocycles. The monoisotopic (exact) mass is 601 g/mol. The van der Waals surface area contributed by atoms with Crippen LogP contribution >= 0.6 is 0 Å². The second kappa shape index (κ2) is 9.05. The van der Waals surface area contributed by atoms with E-state index >= 15 is 0 Å². The third-order valence-electron chi connectivity index (χ3n) is 9.60. The van der Waals surface area contributed by atoms with E-state index in [2.05, 4.69) is 102 Å². The average Bonchev–Trinajstić information content (AvgIpc) is 3.81. The van der Waals surface area contributed by atoms with Crippen LogP contribution in [0.15, 0.2) is 148 Å². The van der Waals surface area contributed by atoms with Gasteiger partial charge in [0.15, 0.2) is 5.58 Å². The van der Waals surface area contributed by atoms with E-state index in [1.165, 1.54) is 10.8 Å². The van der Waals surface area contributed by atoms with E-state index in [0.717, 1.165) is 87.8 Å². The number of hydrogen-bond acceptors (Lipinski definition) is 4. The zero-order valence-electron chi connectivity index (χ0n) is 24.9. The maximum Gasteiger partial charge on any atom is 0.235 e. The number of furan rings is 2. The summed E-state index contributed by atoms with van der Waals surface area (Å²) in [4.78, 5) is 10.7. The molecule has 0 aliphatic heterocycles. The number of hydrogen-bond donors (Lipinski definition) is 0. The molecule has 0 unspecified atom stereocenters. The molecule has 0 spiro atoms. The Bertz CT molecular complexity index is 3090. The van der Waals surface area contributed by atoms with E-state index in [1.54, 1.807) is 0 Å². The summed E-state index contributed by atoms with van der Waals surface area (Å²) < 4.78 is 15.5. The molecule has 47 heavy (non-hydrogen) atoms. The number of aromatic nitrogens is 3. The minimum absolute atomic E-state index is 0.579. The van der Waals surface area contributed by atoms with Crippen LogP contribution in [0.1, 0.15) is 0 Å². The summed E-state index contributed by atoms with van der Waals surface area (Å²) in [6, 6.07) is 48.1. The molecule has 218 valence electrons. The Morgan fingerprint density at radius 2 is 1.02 bits per heavy atom. The predicted octanol–water partition coefficient (Wildman–Crippen LogP) is 11.3. The Labute approximate surface area is 266 Å². The minimum atomic E-state index is 0.579. The largest absolute Gasteiger partial charge is 0.455 e. The zero-order chi connectivity index (χ0) is 30.6. The van der Waals surface area contributed by atoms with E-state index in [0.29, 0.717) is 5.95 Å². The highest BCUT2D eigenvalue weighted by Crippen LogP contribution is 2.46. The standard InChI is InChI=1S/C42H23N3O2/c1-2-14-26-25(13-1)36-29-16-4-8-21-33(29)45(39(36)41-37(26)30-17-6-10-23-35(30)47-41)42-43-32-20-7-3-15-28(32)38(44-42)31-19-11-18-27-24-12-5-9-22-34(24)46-40(27)31/h1-23H. The van der Waals surface area contributed by atoms with Gasteiger partial charge in [0.1, 0.15) is 22.3 Å². The lowest BCUT2D eigenvalue weighted by molar-refractivity contribution is 0.669. The molecular formula is C42H23N3O2. The average molecular weight is 602 g/mol. The van der Waals surface area contributed by atoms with Crippen molar-refractivity contribution in [3.8, 4) is 17.2 Å². The maximum atomic E-state index is 6.77. The van der Waals surface area contributed by atoms with Crippen molar-refractivity contribution in [1.82, 2.24) is 14.5 Å². The van der Waals surface area contributed by atoms with Crippen LogP contribution in [0.4, 0.5) is 0 Å². The molecule has 0 fully saturated rings. The third kappa shape index (κ3) is 3.27. The maximum absolute atomic E-state index is 6.77. The Hall–Kier alpha value is -6.46. The molecule has 7 aromatic carbocycles. The van der Waals surface area contributed by atoms with Gasteiger partial charge in [-0.1, -0.05) is 109 Å². The van der Waals surface area contributed by atoms with Crippen LogP contribution < -0.4 is 0 Å². The molecule has 11 aromatic rings. The van der Waals surface area contributed by atoms with Crippen LogP contribution in [0.3, 0.4) is 0 Å². The summed E-state index contributed by atoms with van der Waals surface area (Å²) in [5.41, 5.74) is 7.94. The Morgan fingerprint density at radius 1 is 0.426 bits per heavy atom. The summed E-state index contributed by atoms with van der Waals surface area (Å²) >= 11 is 0. The second-order valence-electron chi connectivity index (χ2n) is 12.1. The Balaban J connectivity index is 1.34. The van der Waals surface area contributed by atoms with Gasteiger partial charge in [-0.25, -0.2) is 9.97 Å². The molecule has 0 radical (unpaired) electrons. The van der Waals surface area contributed by atoms with E-state index in [-0.39, 0.29) is 0 Å². The van der Waals surface area contributed by atoms with Gasteiger partial charge in [-0.3, -0.25) is 4.57 Å². The molecule has 0 aliphatic carbocycles. The van der Waals surface area contributed by atoms with Crippen LogP contribution in [-0.4, -0.2) is 14.5 Å². The van der Waals surface area contributed by atoms with Crippen molar-refractivity contribution in [1.29, 1.82) is 0 Å². The normalized spacial score (nSPS) is 12.3. The second-order valence-corrected chi connectivity index (χ2v) is 12.1. The van der Waals surface area contributed by atoms with Crippen molar-refractivity contribution >= 4 is 87.4 Å². The molecule has 11 rings (SSSR count). The molecule has 5 heteroatoms. The van der Waals surface area contributed by atoms with Gasteiger partial charge < -0.3 is 8.83 Å². The lowest BCUT2D eigenvalue weighted by Crippen LogP contribution is -2.03. The minimum Gasteiger partial charge on any atom is -0.455 e. The van der Waals surface area contributed by atoms with E-state index in [9.17, 15) is 0 Å². The number of para-hydroxylation sites is 5.